The minimum Gasteiger partial charge on any atom is -0.711 e. The van der Waals surface area contributed by atoms with Crippen LogP contribution in [0.1, 0.15) is 36.8 Å². The van der Waals surface area contributed by atoms with Gasteiger partial charge in [-0.2, -0.15) is 0 Å². The summed E-state index contributed by atoms with van der Waals surface area (Å²) >= 11 is 0. The Kier molecular flexibility index (Phi) is 8.92. The molecule has 1 unspecified atom stereocenters. The molecule has 1 N–H and O–H groups in total. The zero-order valence-electron chi connectivity index (χ0n) is 18.4. The third kappa shape index (κ3) is 7.30. The molecule has 0 spiro atoms. The number of pyridine rings is 1. The summed E-state index contributed by atoms with van der Waals surface area (Å²) in [6.45, 7) is 3.39. The van der Waals surface area contributed by atoms with E-state index < -0.39 is 0 Å². The third-order valence-corrected chi connectivity index (χ3v) is 5.09. The van der Waals surface area contributed by atoms with E-state index in [0.717, 1.165) is 34.4 Å². The lowest BCUT2D eigenvalue weighted by molar-refractivity contribution is -0.590. The number of carbonyl (C=O) groups is 1. The average molecular weight is 435 g/mol. The monoisotopic (exact) mass is 434 g/mol. The molecule has 0 bridgehead atoms. The molecule has 1 heterocycles. The van der Waals surface area contributed by atoms with Crippen LogP contribution < -0.4 is 14.8 Å². The van der Waals surface area contributed by atoms with Gasteiger partial charge >= 0.3 is 5.97 Å². The Labute approximate surface area is 189 Å². The lowest BCUT2D eigenvalue weighted by Gasteiger charge is -2.17. The van der Waals surface area contributed by atoms with E-state index in [1.54, 1.807) is 12.1 Å². The minimum atomic E-state index is -0.181. The number of benzene rings is 2. The van der Waals surface area contributed by atoms with E-state index in [0.29, 0.717) is 32.0 Å². The molecule has 0 saturated heterocycles. The first-order valence-electron chi connectivity index (χ1n) is 11.0. The fourth-order valence-corrected chi connectivity index (χ4v) is 3.54. The van der Waals surface area contributed by atoms with Crippen molar-refractivity contribution in [2.45, 2.75) is 32.1 Å². The van der Waals surface area contributed by atoms with Crippen molar-refractivity contribution in [3.05, 3.63) is 95.3 Å². The van der Waals surface area contributed by atoms with Crippen molar-refractivity contribution in [2.75, 3.05) is 25.1 Å². The molecule has 0 fully saturated rings. The summed E-state index contributed by atoms with van der Waals surface area (Å²) in [5.41, 5.74) is 2.23. The minimum absolute atomic E-state index is 0.0411. The van der Waals surface area contributed by atoms with Crippen molar-refractivity contribution in [1.29, 1.82) is 0 Å². The standard InChI is InChI=1S/C26H30N2O4/c1-2-31-26(29)20-23(22-11-4-3-5-12-22)18-21-10-8-13-24(19-21)32-17-9-15-27-25-14-6-7-16-28(25)30/h3-8,10-14,16,19,23,27H,2,9,15,17-18,20H2,1H3. The molecule has 1 atom stereocenters. The Hall–Kier alpha value is -3.54. The number of carbonyl (C=O) groups excluding carboxylic acids is 1. The van der Waals surface area contributed by atoms with Gasteiger partial charge in [-0.1, -0.05) is 48.5 Å². The van der Waals surface area contributed by atoms with Crippen molar-refractivity contribution < 1.29 is 19.0 Å². The number of nitrogens with zero attached hydrogens (tertiary/aromatic N) is 1. The van der Waals surface area contributed by atoms with E-state index in [9.17, 15) is 10.0 Å². The van der Waals surface area contributed by atoms with Gasteiger partial charge in [-0.15, -0.1) is 0 Å². The van der Waals surface area contributed by atoms with E-state index in [2.05, 4.69) is 23.5 Å². The molecule has 3 aromatic rings. The predicted molar refractivity (Wildman–Crippen MR) is 125 cm³/mol. The van der Waals surface area contributed by atoms with Crippen LogP contribution >= 0.6 is 0 Å². The van der Waals surface area contributed by atoms with Crippen LogP contribution in [0, 0.1) is 5.21 Å². The highest BCUT2D eigenvalue weighted by atomic mass is 16.5. The van der Waals surface area contributed by atoms with Crippen LogP contribution in [0.3, 0.4) is 0 Å². The lowest BCUT2D eigenvalue weighted by atomic mass is 9.89. The molecule has 1 aromatic heterocycles. The predicted octanol–water partition coefficient (Wildman–Crippen LogP) is 4.48. The zero-order valence-corrected chi connectivity index (χ0v) is 18.4. The smallest absolute Gasteiger partial charge is 0.306 e. The van der Waals surface area contributed by atoms with Gasteiger partial charge < -0.3 is 14.7 Å². The zero-order chi connectivity index (χ0) is 22.6. The Bertz CT molecular complexity index is 978. The number of nitrogens with one attached hydrogen (secondary N) is 1. The van der Waals surface area contributed by atoms with Gasteiger partial charge in [0.25, 0.3) is 5.82 Å². The van der Waals surface area contributed by atoms with Gasteiger partial charge in [0.2, 0.25) is 0 Å². The van der Waals surface area contributed by atoms with E-state index in [-0.39, 0.29) is 11.9 Å². The van der Waals surface area contributed by atoms with Gasteiger partial charge in [-0.25, -0.2) is 4.73 Å². The molecule has 0 aliphatic carbocycles. The maximum Gasteiger partial charge on any atom is 0.306 e. The summed E-state index contributed by atoms with van der Waals surface area (Å²) in [5.74, 6) is 1.19. The molecule has 2 aromatic carbocycles. The third-order valence-electron chi connectivity index (χ3n) is 5.09. The molecule has 3 rings (SSSR count). The first-order valence-corrected chi connectivity index (χ1v) is 11.0. The van der Waals surface area contributed by atoms with Gasteiger partial charge in [0, 0.05) is 12.5 Å². The second kappa shape index (κ2) is 12.3. The van der Waals surface area contributed by atoms with Crippen molar-refractivity contribution in [3.63, 3.8) is 0 Å². The molecule has 32 heavy (non-hydrogen) atoms. The van der Waals surface area contributed by atoms with Crippen LogP contribution in [-0.4, -0.2) is 25.7 Å². The number of hydrogen-bond acceptors (Lipinski definition) is 5. The highest BCUT2D eigenvalue weighted by molar-refractivity contribution is 5.70. The first kappa shape index (κ1) is 23.1. The fraction of sp³-hybridized carbons (Fsp3) is 0.308. The molecule has 6 heteroatoms. The van der Waals surface area contributed by atoms with Gasteiger partial charge in [-0.3, -0.25) is 10.1 Å². The van der Waals surface area contributed by atoms with Crippen LogP contribution in [0.4, 0.5) is 5.82 Å². The van der Waals surface area contributed by atoms with E-state index in [1.165, 1.54) is 6.20 Å². The number of esters is 1. The highest BCUT2D eigenvalue weighted by Gasteiger charge is 2.18. The van der Waals surface area contributed by atoms with Crippen molar-refractivity contribution in [2.24, 2.45) is 0 Å². The maximum atomic E-state index is 12.1. The van der Waals surface area contributed by atoms with Gasteiger partial charge in [-0.05, 0) is 48.6 Å². The van der Waals surface area contributed by atoms with E-state index in [4.69, 9.17) is 9.47 Å². The topological polar surface area (TPSA) is 74.5 Å². The van der Waals surface area contributed by atoms with Crippen LogP contribution in [0.25, 0.3) is 0 Å². The van der Waals surface area contributed by atoms with Crippen LogP contribution in [-0.2, 0) is 16.0 Å². The van der Waals surface area contributed by atoms with Gasteiger partial charge in [0.05, 0.1) is 32.4 Å². The summed E-state index contributed by atoms with van der Waals surface area (Å²) in [4.78, 5) is 12.1. The Balaban J connectivity index is 1.54. The molecule has 0 aliphatic rings. The maximum absolute atomic E-state index is 12.1. The Morgan fingerprint density at radius 3 is 2.66 bits per heavy atom. The van der Waals surface area contributed by atoms with Crippen LogP contribution in [0.15, 0.2) is 79.0 Å². The number of ether oxygens (including phenoxy) is 2. The molecular weight excluding hydrogens is 404 g/mol. The molecule has 0 radical (unpaired) electrons. The van der Waals surface area contributed by atoms with E-state index in [1.807, 2.05) is 49.4 Å². The molecular formula is C26H30N2O4. The summed E-state index contributed by atoms with van der Waals surface area (Å²) < 4.78 is 11.9. The second-order valence-electron chi connectivity index (χ2n) is 7.51. The van der Waals surface area contributed by atoms with Crippen LogP contribution in [0.5, 0.6) is 5.75 Å². The molecule has 168 valence electrons. The lowest BCUT2D eigenvalue weighted by Crippen LogP contribution is -2.30. The molecule has 0 amide bonds. The second-order valence-corrected chi connectivity index (χ2v) is 7.51. The van der Waals surface area contributed by atoms with Gasteiger partial charge in [0.1, 0.15) is 5.75 Å². The number of rotatable bonds is 12. The van der Waals surface area contributed by atoms with Crippen molar-refractivity contribution >= 4 is 11.8 Å². The van der Waals surface area contributed by atoms with Crippen molar-refractivity contribution in [1.82, 2.24) is 0 Å². The van der Waals surface area contributed by atoms with Crippen molar-refractivity contribution in [3.8, 4) is 5.75 Å². The Morgan fingerprint density at radius 1 is 1.06 bits per heavy atom. The Morgan fingerprint density at radius 2 is 1.88 bits per heavy atom. The van der Waals surface area contributed by atoms with Crippen LogP contribution in [0.2, 0.25) is 0 Å². The summed E-state index contributed by atoms with van der Waals surface area (Å²) in [6, 6.07) is 23.3. The summed E-state index contributed by atoms with van der Waals surface area (Å²) in [7, 11) is 0. The highest BCUT2D eigenvalue weighted by Crippen LogP contribution is 2.26. The number of aromatic nitrogens is 1. The summed E-state index contributed by atoms with van der Waals surface area (Å²) in [6.07, 6.45) is 3.29. The number of hydrogen-bond donors (Lipinski definition) is 1. The molecule has 0 aliphatic heterocycles. The molecule has 0 saturated carbocycles. The quantitative estimate of drug-likeness (QED) is 0.197. The SMILES string of the molecule is CCOC(=O)CC(Cc1cccc(OCCCNc2cccc[n+]2[O-])c1)c1ccccc1. The number of anilines is 1. The molecule has 6 nitrogen and oxygen atoms in total. The first-order chi connectivity index (χ1) is 15.7. The fourth-order valence-electron chi connectivity index (χ4n) is 3.54. The van der Waals surface area contributed by atoms with Gasteiger partial charge in [0.15, 0.2) is 0 Å². The van der Waals surface area contributed by atoms with E-state index >= 15 is 0 Å². The largest absolute Gasteiger partial charge is 0.711 e. The normalized spacial score (nSPS) is 11.5. The average Bonchev–Trinajstić information content (AvgIpc) is 2.81. The summed E-state index contributed by atoms with van der Waals surface area (Å²) in [5, 5.41) is 14.7.